The summed E-state index contributed by atoms with van der Waals surface area (Å²) in [6.45, 7) is 6.61. The molecule has 2 aliphatic carbocycles. The number of ether oxygens (including phenoxy) is 2. The molecule has 2 saturated carbocycles. The van der Waals surface area contributed by atoms with Gasteiger partial charge in [0.15, 0.2) is 0 Å². The Morgan fingerprint density at radius 1 is 0.968 bits per heavy atom. The van der Waals surface area contributed by atoms with Crippen molar-refractivity contribution < 1.29 is 23.9 Å². The average molecular weight is 429 g/mol. The van der Waals surface area contributed by atoms with Gasteiger partial charge in [-0.2, -0.15) is 0 Å². The van der Waals surface area contributed by atoms with Crippen molar-refractivity contribution in [3.63, 3.8) is 0 Å². The molecule has 7 nitrogen and oxygen atoms in total. The molecule has 1 aliphatic heterocycles. The van der Waals surface area contributed by atoms with E-state index >= 15 is 0 Å². The van der Waals surface area contributed by atoms with Crippen LogP contribution in [0, 0.1) is 11.8 Å². The van der Waals surface area contributed by atoms with E-state index in [0.717, 1.165) is 25.7 Å². The van der Waals surface area contributed by atoms with E-state index < -0.39 is 11.7 Å². The van der Waals surface area contributed by atoms with Gasteiger partial charge in [-0.1, -0.05) is 18.2 Å². The summed E-state index contributed by atoms with van der Waals surface area (Å²) in [4.78, 5) is 40.8. The molecule has 3 fully saturated rings. The number of esters is 1. The molecule has 4 atom stereocenters. The van der Waals surface area contributed by atoms with Crippen LogP contribution in [-0.4, -0.2) is 65.2 Å². The molecule has 1 aromatic rings. The number of hydrogen-bond acceptors (Lipinski definition) is 5. The maximum absolute atomic E-state index is 12.8. The fraction of sp³-hybridized carbons (Fsp3) is 0.625. The number of fused-ring (bicyclic) bond motifs is 1. The van der Waals surface area contributed by atoms with E-state index in [-0.39, 0.29) is 30.6 Å². The minimum absolute atomic E-state index is 0.00543. The fourth-order valence-corrected chi connectivity index (χ4v) is 5.23. The largest absolute Gasteiger partial charge is 0.459 e. The number of piperazine rings is 1. The molecule has 0 N–H and O–H groups in total. The van der Waals surface area contributed by atoms with Gasteiger partial charge >= 0.3 is 12.1 Å². The first-order valence-electron chi connectivity index (χ1n) is 11.2. The van der Waals surface area contributed by atoms with Crippen LogP contribution in [0.3, 0.4) is 0 Å². The fourth-order valence-electron chi connectivity index (χ4n) is 5.23. The number of carbonyl (C=O) groups excluding carboxylic acids is 3. The van der Waals surface area contributed by atoms with E-state index in [2.05, 4.69) is 0 Å². The van der Waals surface area contributed by atoms with E-state index in [0.29, 0.717) is 30.5 Å². The molecule has 2 amide bonds. The number of hydrogen-bond donors (Lipinski definition) is 0. The Morgan fingerprint density at radius 2 is 1.61 bits per heavy atom. The summed E-state index contributed by atoms with van der Waals surface area (Å²) in [5, 5.41) is 0. The molecule has 168 valence electrons. The molecule has 1 heterocycles. The molecule has 0 bridgehead atoms. The molecule has 1 aromatic carbocycles. The number of benzene rings is 1. The Morgan fingerprint density at radius 3 is 2.19 bits per heavy atom. The Balaban J connectivity index is 1.26. The second kappa shape index (κ2) is 8.52. The standard InChI is InChI=1S/C24H32N2O5/c1-24(2,3)31-23(29)25-9-10-26(21(27)15-25)19-11-17-13-20(14-18(17)12-19)30-22(28)16-7-5-4-6-8-16/h4-8,17-20H,9-15H2,1-3H3/t17-,18+,19?,20?. The molecule has 0 radical (unpaired) electrons. The van der Waals surface area contributed by atoms with Crippen LogP contribution in [0.4, 0.5) is 4.79 Å². The van der Waals surface area contributed by atoms with Gasteiger partial charge in [-0.15, -0.1) is 0 Å². The van der Waals surface area contributed by atoms with Gasteiger partial charge in [-0.25, -0.2) is 9.59 Å². The highest BCUT2D eigenvalue weighted by Gasteiger charge is 2.46. The molecule has 4 rings (SSSR count). The number of carbonyl (C=O) groups is 3. The topological polar surface area (TPSA) is 76.2 Å². The lowest BCUT2D eigenvalue weighted by atomic mass is 10.0. The smallest absolute Gasteiger partial charge is 0.410 e. The lowest BCUT2D eigenvalue weighted by Crippen LogP contribution is -2.55. The zero-order valence-electron chi connectivity index (χ0n) is 18.6. The normalized spacial score (nSPS) is 28.4. The number of amides is 2. The molecule has 3 aliphatic rings. The zero-order valence-corrected chi connectivity index (χ0v) is 18.6. The molecule has 1 saturated heterocycles. The highest BCUT2D eigenvalue weighted by atomic mass is 16.6. The van der Waals surface area contributed by atoms with Gasteiger partial charge in [0.25, 0.3) is 0 Å². The van der Waals surface area contributed by atoms with E-state index in [1.54, 1.807) is 12.1 Å². The third kappa shape index (κ3) is 5.02. The van der Waals surface area contributed by atoms with Crippen molar-refractivity contribution in [2.24, 2.45) is 11.8 Å². The van der Waals surface area contributed by atoms with Gasteiger partial charge in [-0.05, 0) is 70.4 Å². The molecule has 2 unspecified atom stereocenters. The van der Waals surface area contributed by atoms with Crippen molar-refractivity contribution >= 4 is 18.0 Å². The molecule has 7 heteroatoms. The zero-order chi connectivity index (χ0) is 22.2. The maximum Gasteiger partial charge on any atom is 0.410 e. The van der Waals surface area contributed by atoms with Crippen LogP contribution in [0.15, 0.2) is 30.3 Å². The highest BCUT2D eigenvalue weighted by Crippen LogP contribution is 2.47. The quantitative estimate of drug-likeness (QED) is 0.689. The molecule has 31 heavy (non-hydrogen) atoms. The Kier molecular flexibility index (Phi) is 5.95. The minimum Gasteiger partial charge on any atom is -0.459 e. The monoisotopic (exact) mass is 428 g/mol. The van der Waals surface area contributed by atoms with E-state index in [4.69, 9.17) is 9.47 Å². The van der Waals surface area contributed by atoms with Gasteiger partial charge in [0.2, 0.25) is 5.91 Å². The summed E-state index contributed by atoms with van der Waals surface area (Å²) in [6.07, 6.45) is 3.16. The van der Waals surface area contributed by atoms with Gasteiger partial charge in [0, 0.05) is 19.1 Å². The minimum atomic E-state index is -0.569. The summed E-state index contributed by atoms with van der Waals surface area (Å²) >= 11 is 0. The third-order valence-electron chi connectivity index (χ3n) is 6.58. The second-order valence-corrected chi connectivity index (χ2v) is 10.00. The van der Waals surface area contributed by atoms with Crippen molar-refractivity contribution in [1.29, 1.82) is 0 Å². The molecule has 0 spiro atoms. The van der Waals surface area contributed by atoms with Crippen LogP contribution < -0.4 is 0 Å². The van der Waals surface area contributed by atoms with Crippen molar-refractivity contribution in [2.75, 3.05) is 19.6 Å². The Bertz CT molecular complexity index is 820. The van der Waals surface area contributed by atoms with Gasteiger partial charge in [-0.3, -0.25) is 9.69 Å². The van der Waals surface area contributed by atoms with Gasteiger partial charge in [0.1, 0.15) is 18.2 Å². The highest BCUT2D eigenvalue weighted by molar-refractivity contribution is 5.89. The number of nitrogens with zero attached hydrogens (tertiary/aromatic N) is 2. The summed E-state index contributed by atoms with van der Waals surface area (Å²) < 4.78 is 11.1. The summed E-state index contributed by atoms with van der Waals surface area (Å²) in [6, 6.07) is 9.32. The first-order valence-corrected chi connectivity index (χ1v) is 11.2. The molecule has 0 aromatic heterocycles. The van der Waals surface area contributed by atoms with Crippen LogP contribution in [0.25, 0.3) is 0 Å². The van der Waals surface area contributed by atoms with Crippen molar-refractivity contribution in [3.8, 4) is 0 Å². The predicted molar refractivity (Wildman–Crippen MR) is 114 cm³/mol. The number of rotatable bonds is 3. The lowest BCUT2D eigenvalue weighted by Gasteiger charge is -2.38. The van der Waals surface area contributed by atoms with Crippen molar-refractivity contribution in [3.05, 3.63) is 35.9 Å². The Hall–Kier alpha value is -2.57. The SMILES string of the molecule is CC(C)(C)OC(=O)N1CCN(C2C[C@H]3CC(OC(=O)c4ccccc4)C[C@H]3C2)C(=O)C1. The van der Waals surface area contributed by atoms with Crippen LogP contribution >= 0.6 is 0 Å². The van der Waals surface area contributed by atoms with Crippen LogP contribution in [0.1, 0.15) is 56.8 Å². The van der Waals surface area contributed by atoms with E-state index in [1.165, 1.54) is 4.90 Å². The van der Waals surface area contributed by atoms with E-state index in [1.807, 2.05) is 43.9 Å². The van der Waals surface area contributed by atoms with Crippen LogP contribution in [0.5, 0.6) is 0 Å². The first-order chi connectivity index (χ1) is 14.7. The summed E-state index contributed by atoms with van der Waals surface area (Å²) in [5.74, 6) is 0.704. The summed E-state index contributed by atoms with van der Waals surface area (Å²) in [7, 11) is 0. The molecular weight excluding hydrogens is 396 g/mol. The predicted octanol–water partition coefficient (Wildman–Crippen LogP) is 3.48. The van der Waals surface area contributed by atoms with Gasteiger partial charge in [0.05, 0.1) is 5.56 Å². The lowest BCUT2D eigenvalue weighted by molar-refractivity contribution is -0.138. The van der Waals surface area contributed by atoms with Gasteiger partial charge < -0.3 is 14.4 Å². The second-order valence-electron chi connectivity index (χ2n) is 10.00. The van der Waals surface area contributed by atoms with E-state index in [9.17, 15) is 14.4 Å². The van der Waals surface area contributed by atoms with Crippen molar-refractivity contribution in [2.45, 2.75) is 64.2 Å². The Labute approximate surface area is 183 Å². The third-order valence-corrected chi connectivity index (χ3v) is 6.58. The maximum atomic E-state index is 12.8. The van der Waals surface area contributed by atoms with Crippen LogP contribution in [0.2, 0.25) is 0 Å². The first kappa shape index (κ1) is 21.7. The molecular formula is C24H32N2O5. The average Bonchev–Trinajstić information content (AvgIpc) is 3.25. The summed E-state index contributed by atoms with van der Waals surface area (Å²) in [5.41, 5.74) is 0.0200. The van der Waals surface area contributed by atoms with Crippen molar-refractivity contribution in [1.82, 2.24) is 9.80 Å². The van der Waals surface area contributed by atoms with Crippen LogP contribution in [-0.2, 0) is 14.3 Å².